The summed E-state index contributed by atoms with van der Waals surface area (Å²) in [4.78, 5) is 35.8. The van der Waals surface area contributed by atoms with Gasteiger partial charge in [-0.1, -0.05) is 13.8 Å². The number of nitrogens with one attached hydrogen (secondary N) is 1. The fourth-order valence-electron chi connectivity index (χ4n) is 1.94. The van der Waals surface area contributed by atoms with Crippen molar-refractivity contribution in [2.45, 2.75) is 32.2 Å². The van der Waals surface area contributed by atoms with Crippen LogP contribution in [-0.4, -0.2) is 58.3 Å². The number of carbonyl (C=O) groups excluding carboxylic acids is 2. The van der Waals surface area contributed by atoms with Gasteiger partial charge in [0.15, 0.2) is 0 Å². The summed E-state index contributed by atoms with van der Waals surface area (Å²) in [7, 11) is 0. The van der Waals surface area contributed by atoms with Crippen molar-refractivity contribution in [2.75, 3.05) is 18.9 Å². The van der Waals surface area contributed by atoms with Crippen molar-refractivity contribution >= 4 is 29.7 Å². The van der Waals surface area contributed by atoms with Crippen LogP contribution in [0.4, 0.5) is 4.79 Å². The topological polar surface area (TPSA) is 95.9 Å². The molecule has 1 saturated heterocycles. The first-order valence-electron chi connectivity index (χ1n) is 6.44. The van der Waals surface area contributed by atoms with Crippen LogP contribution in [0.5, 0.6) is 0 Å². The maximum Gasteiger partial charge on any atom is 0.327 e. The highest BCUT2D eigenvalue weighted by Gasteiger charge is 2.42. The molecule has 1 rings (SSSR count). The Bertz CT molecular complexity index is 388. The number of carbonyl (C=O) groups is 3. The molecule has 2 unspecified atom stereocenters. The highest BCUT2D eigenvalue weighted by atomic mass is 32.2. The number of nitrogens with zero attached hydrogens (tertiary/aromatic N) is 1. The number of carboxylic acid groups (broad SMARTS) is 1. The zero-order valence-electron chi connectivity index (χ0n) is 11.8. The summed E-state index contributed by atoms with van der Waals surface area (Å²) in [6.07, 6.45) is 0. The molecule has 1 heterocycles. The molecule has 0 spiro atoms. The van der Waals surface area contributed by atoms with E-state index < -0.39 is 24.0 Å². The van der Waals surface area contributed by atoms with Gasteiger partial charge < -0.3 is 15.2 Å². The van der Waals surface area contributed by atoms with Crippen LogP contribution in [0, 0.1) is 5.92 Å². The first-order chi connectivity index (χ1) is 9.38. The number of ether oxygens (including phenoxy) is 1. The first-order valence-corrected chi connectivity index (χ1v) is 7.49. The maximum atomic E-state index is 12.1. The van der Waals surface area contributed by atoms with Crippen LogP contribution in [0.1, 0.15) is 20.8 Å². The lowest BCUT2D eigenvalue weighted by Crippen LogP contribution is -2.52. The number of hydrogen-bond acceptors (Lipinski definition) is 5. The van der Waals surface area contributed by atoms with Gasteiger partial charge in [-0.25, -0.2) is 9.59 Å². The van der Waals surface area contributed by atoms with Crippen molar-refractivity contribution in [1.29, 1.82) is 0 Å². The zero-order valence-corrected chi connectivity index (χ0v) is 12.6. The Morgan fingerprint density at radius 1 is 1.45 bits per heavy atom. The predicted molar refractivity (Wildman–Crippen MR) is 74.4 cm³/mol. The van der Waals surface area contributed by atoms with E-state index in [0.29, 0.717) is 5.75 Å². The smallest absolute Gasteiger partial charge is 0.327 e. The van der Waals surface area contributed by atoms with E-state index in [1.165, 1.54) is 16.7 Å². The second kappa shape index (κ2) is 7.37. The molecule has 0 aromatic carbocycles. The highest BCUT2D eigenvalue weighted by Crippen LogP contribution is 2.33. The van der Waals surface area contributed by atoms with E-state index in [9.17, 15) is 14.4 Å². The summed E-state index contributed by atoms with van der Waals surface area (Å²) < 4.78 is 4.71. The van der Waals surface area contributed by atoms with Crippen molar-refractivity contribution in [3.8, 4) is 0 Å². The van der Waals surface area contributed by atoms with E-state index in [1.54, 1.807) is 6.92 Å². The van der Waals surface area contributed by atoms with Crippen molar-refractivity contribution in [3.63, 3.8) is 0 Å². The third kappa shape index (κ3) is 4.03. The van der Waals surface area contributed by atoms with Gasteiger partial charge in [-0.3, -0.25) is 9.69 Å². The maximum absolute atomic E-state index is 12.1. The van der Waals surface area contributed by atoms with Gasteiger partial charge in [0.05, 0.1) is 12.0 Å². The molecule has 0 aromatic rings. The Kier molecular flexibility index (Phi) is 6.12. The number of urea groups is 1. The minimum atomic E-state index is -1.04. The molecule has 0 radical (unpaired) electrons. The summed E-state index contributed by atoms with van der Waals surface area (Å²) in [6.45, 7) is 5.50. The van der Waals surface area contributed by atoms with Gasteiger partial charge in [0, 0.05) is 5.75 Å². The van der Waals surface area contributed by atoms with Crippen LogP contribution in [0.2, 0.25) is 0 Å². The summed E-state index contributed by atoms with van der Waals surface area (Å²) in [5.74, 6) is -1.10. The van der Waals surface area contributed by atoms with Gasteiger partial charge in [0.1, 0.15) is 12.6 Å². The molecule has 0 bridgehead atoms. The van der Waals surface area contributed by atoms with Gasteiger partial charge in [0.25, 0.3) is 0 Å². The third-order valence-corrected chi connectivity index (χ3v) is 4.44. The molecule has 2 atom stereocenters. The molecule has 0 saturated carbocycles. The number of thioether (sulfide) groups is 1. The Morgan fingerprint density at radius 3 is 2.60 bits per heavy atom. The largest absolute Gasteiger partial charge is 0.480 e. The standard InChI is InChI=1S/C12H20N2O5S/c1-4-19-9(15)5-13-12(18)14-8(11(16)17)6-20-10(14)7(2)3/h7-8,10H,4-6H2,1-3H3,(H,13,18)(H,16,17). The lowest BCUT2D eigenvalue weighted by atomic mass is 10.2. The third-order valence-electron chi connectivity index (χ3n) is 2.81. The van der Waals surface area contributed by atoms with Gasteiger partial charge in [-0.2, -0.15) is 0 Å². The molecule has 114 valence electrons. The second-order valence-electron chi connectivity index (χ2n) is 4.69. The molecule has 1 aliphatic heterocycles. The summed E-state index contributed by atoms with van der Waals surface area (Å²) >= 11 is 1.44. The van der Waals surface area contributed by atoms with Crippen molar-refractivity contribution in [1.82, 2.24) is 10.2 Å². The SMILES string of the molecule is CCOC(=O)CNC(=O)N1C(C(=O)O)CSC1C(C)C. The fraction of sp³-hybridized carbons (Fsp3) is 0.750. The summed E-state index contributed by atoms with van der Waals surface area (Å²) in [5, 5.41) is 11.4. The van der Waals surface area contributed by atoms with Crippen molar-refractivity contribution in [3.05, 3.63) is 0 Å². The van der Waals surface area contributed by atoms with Crippen LogP contribution in [0.15, 0.2) is 0 Å². The molecule has 20 heavy (non-hydrogen) atoms. The average molecular weight is 304 g/mol. The molecule has 2 N–H and O–H groups in total. The van der Waals surface area contributed by atoms with E-state index in [4.69, 9.17) is 9.84 Å². The normalized spacial score (nSPS) is 21.9. The fourth-order valence-corrected chi connectivity index (χ4v) is 3.41. The van der Waals surface area contributed by atoms with E-state index >= 15 is 0 Å². The average Bonchev–Trinajstić information content (AvgIpc) is 2.81. The first kappa shape index (κ1) is 16.6. The van der Waals surface area contributed by atoms with Crippen molar-refractivity contribution < 1.29 is 24.2 Å². The quantitative estimate of drug-likeness (QED) is 0.727. The molecule has 1 aliphatic rings. The Hall–Kier alpha value is -1.44. The van der Waals surface area contributed by atoms with Crippen LogP contribution < -0.4 is 5.32 Å². The Morgan fingerprint density at radius 2 is 2.10 bits per heavy atom. The molecule has 0 aliphatic carbocycles. The van der Waals surface area contributed by atoms with Gasteiger partial charge >= 0.3 is 18.0 Å². The monoisotopic (exact) mass is 304 g/mol. The van der Waals surface area contributed by atoms with Gasteiger partial charge in [-0.05, 0) is 12.8 Å². The second-order valence-corrected chi connectivity index (χ2v) is 5.84. The number of carboxylic acids is 1. The Balaban J connectivity index is 2.69. The summed E-state index contributed by atoms with van der Waals surface area (Å²) in [5.41, 5.74) is 0. The van der Waals surface area contributed by atoms with Crippen LogP contribution in [0.25, 0.3) is 0 Å². The highest BCUT2D eigenvalue weighted by molar-refractivity contribution is 8.00. The molecule has 2 amide bonds. The minimum Gasteiger partial charge on any atom is -0.480 e. The van der Waals surface area contributed by atoms with E-state index in [1.807, 2.05) is 13.8 Å². The van der Waals surface area contributed by atoms with E-state index in [-0.39, 0.29) is 24.4 Å². The molecular formula is C12H20N2O5S. The molecule has 0 aromatic heterocycles. The van der Waals surface area contributed by atoms with Crippen LogP contribution in [0.3, 0.4) is 0 Å². The van der Waals surface area contributed by atoms with Gasteiger partial charge in [-0.15, -0.1) is 11.8 Å². The lowest BCUT2D eigenvalue weighted by Gasteiger charge is -2.29. The number of aliphatic carboxylic acids is 1. The number of esters is 1. The van der Waals surface area contributed by atoms with Crippen LogP contribution >= 0.6 is 11.8 Å². The summed E-state index contributed by atoms with van der Waals surface area (Å²) in [6, 6.07) is -1.41. The lowest BCUT2D eigenvalue weighted by molar-refractivity contribution is -0.141. The van der Waals surface area contributed by atoms with E-state index in [0.717, 1.165) is 0 Å². The predicted octanol–water partition coefficient (Wildman–Crippen LogP) is 0.743. The van der Waals surface area contributed by atoms with E-state index in [2.05, 4.69) is 5.32 Å². The van der Waals surface area contributed by atoms with Gasteiger partial charge in [0.2, 0.25) is 0 Å². The molecule has 7 nitrogen and oxygen atoms in total. The minimum absolute atomic E-state index is 0.123. The van der Waals surface area contributed by atoms with Crippen LogP contribution in [-0.2, 0) is 14.3 Å². The zero-order chi connectivity index (χ0) is 15.3. The molecular weight excluding hydrogens is 284 g/mol. The molecule has 8 heteroatoms. The number of amides is 2. The molecule has 1 fully saturated rings. The number of hydrogen-bond donors (Lipinski definition) is 2. The number of rotatable bonds is 5. The van der Waals surface area contributed by atoms with Crippen molar-refractivity contribution in [2.24, 2.45) is 5.92 Å². The Labute approximate surface area is 122 Å².